The minimum atomic E-state index is 0. The van der Waals surface area contributed by atoms with Crippen LogP contribution in [0.3, 0.4) is 0 Å². The molecule has 0 bridgehead atoms. The zero-order chi connectivity index (χ0) is 10.1. The average Bonchev–Trinajstić information content (AvgIpc) is 2.20. The average molecular weight is 211 g/mol. The molecule has 0 aliphatic rings. The van der Waals surface area contributed by atoms with E-state index in [2.05, 4.69) is 11.1 Å². The van der Waals surface area contributed by atoms with E-state index >= 15 is 0 Å². The fraction of sp³-hybridized carbons (Fsp3) is 0.0909. The second-order valence-electron chi connectivity index (χ2n) is 3.10. The SMILES string of the molecule is Cc1ccnc2c(O)ccc(C#N)c12.[Al]. The largest absolute Gasteiger partial charge is 0.506 e. The second-order valence-corrected chi connectivity index (χ2v) is 3.10. The Morgan fingerprint density at radius 1 is 1.33 bits per heavy atom. The Labute approximate surface area is 98.1 Å². The number of pyridine rings is 1. The molecule has 15 heavy (non-hydrogen) atoms. The van der Waals surface area contributed by atoms with E-state index in [1.165, 1.54) is 6.07 Å². The molecular weight excluding hydrogens is 203 g/mol. The number of phenolic OH excluding ortho intramolecular Hbond substituents is 1. The molecular formula is C11H8AlN2O. The van der Waals surface area contributed by atoms with Gasteiger partial charge in [0.25, 0.3) is 0 Å². The molecule has 0 saturated carbocycles. The predicted octanol–water partition coefficient (Wildman–Crippen LogP) is 1.74. The van der Waals surface area contributed by atoms with Gasteiger partial charge >= 0.3 is 0 Å². The van der Waals surface area contributed by atoms with Crippen LogP contribution in [0.5, 0.6) is 5.75 Å². The van der Waals surface area contributed by atoms with Gasteiger partial charge in [0, 0.05) is 28.9 Å². The number of hydrogen-bond acceptors (Lipinski definition) is 3. The molecule has 0 aliphatic carbocycles. The summed E-state index contributed by atoms with van der Waals surface area (Å²) in [7, 11) is 0. The van der Waals surface area contributed by atoms with Crippen LogP contribution in [0.2, 0.25) is 0 Å². The number of phenols is 1. The number of benzene rings is 1. The smallest absolute Gasteiger partial charge is 0.141 e. The number of aryl methyl sites for hydroxylation is 1. The van der Waals surface area contributed by atoms with Gasteiger partial charge in [-0.1, -0.05) is 0 Å². The van der Waals surface area contributed by atoms with Crippen LogP contribution in [0.15, 0.2) is 24.4 Å². The molecule has 2 aromatic rings. The van der Waals surface area contributed by atoms with Gasteiger partial charge in [-0.05, 0) is 30.7 Å². The Balaban J connectivity index is 0.00000112. The molecule has 0 fully saturated rings. The maximum absolute atomic E-state index is 9.54. The van der Waals surface area contributed by atoms with Crippen molar-refractivity contribution in [2.45, 2.75) is 6.92 Å². The quantitative estimate of drug-likeness (QED) is 0.675. The van der Waals surface area contributed by atoms with E-state index in [0.29, 0.717) is 11.1 Å². The molecule has 2 rings (SSSR count). The Hall–Kier alpha value is -1.55. The Morgan fingerprint density at radius 3 is 2.73 bits per heavy atom. The third-order valence-electron chi connectivity index (χ3n) is 2.20. The molecule has 0 aliphatic heterocycles. The number of hydrogen-bond donors (Lipinski definition) is 1. The molecule has 0 unspecified atom stereocenters. The Bertz CT molecular complexity index is 546. The fourth-order valence-electron chi connectivity index (χ4n) is 1.51. The Morgan fingerprint density at radius 2 is 2.07 bits per heavy atom. The number of aromatic nitrogens is 1. The first-order chi connectivity index (χ1) is 6.74. The van der Waals surface area contributed by atoms with Gasteiger partial charge in [-0.25, -0.2) is 0 Å². The summed E-state index contributed by atoms with van der Waals surface area (Å²) in [6.07, 6.45) is 1.62. The topological polar surface area (TPSA) is 56.9 Å². The number of nitrogens with zero attached hydrogens (tertiary/aromatic N) is 2. The van der Waals surface area contributed by atoms with Crippen molar-refractivity contribution in [3.05, 3.63) is 35.5 Å². The minimum absolute atomic E-state index is 0. The van der Waals surface area contributed by atoms with E-state index in [0.717, 1.165) is 10.9 Å². The lowest BCUT2D eigenvalue weighted by molar-refractivity contribution is 0.480. The van der Waals surface area contributed by atoms with Crippen molar-refractivity contribution in [2.24, 2.45) is 0 Å². The minimum Gasteiger partial charge on any atom is -0.506 e. The van der Waals surface area contributed by atoms with E-state index in [4.69, 9.17) is 5.26 Å². The summed E-state index contributed by atoms with van der Waals surface area (Å²) < 4.78 is 0. The molecule has 1 aromatic heterocycles. The molecule has 1 N–H and O–H groups in total. The van der Waals surface area contributed by atoms with Crippen molar-refractivity contribution in [2.75, 3.05) is 0 Å². The first-order valence-corrected chi connectivity index (χ1v) is 4.21. The van der Waals surface area contributed by atoms with Gasteiger partial charge in [0.1, 0.15) is 11.3 Å². The van der Waals surface area contributed by atoms with Gasteiger partial charge in [-0.3, -0.25) is 4.98 Å². The van der Waals surface area contributed by atoms with E-state index in [9.17, 15) is 5.11 Å². The molecule has 0 amide bonds. The van der Waals surface area contributed by atoms with Crippen LogP contribution >= 0.6 is 0 Å². The van der Waals surface area contributed by atoms with Gasteiger partial charge in [0.2, 0.25) is 0 Å². The summed E-state index contributed by atoms with van der Waals surface area (Å²) in [6.45, 7) is 1.89. The summed E-state index contributed by atoms with van der Waals surface area (Å²) in [6, 6.07) is 7.01. The van der Waals surface area contributed by atoms with E-state index in [1.54, 1.807) is 12.3 Å². The van der Waals surface area contributed by atoms with Crippen LogP contribution in [0.4, 0.5) is 0 Å². The van der Waals surface area contributed by atoms with Crippen LogP contribution in [0.1, 0.15) is 11.1 Å². The summed E-state index contributed by atoms with van der Waals surface area (Å²) in [5.74, 6) is 0.114. The molecule has 3 nitrogen and oxygen atoms in total. The van der Waals surface area contributed by atoms with Crippen LogP contribution in [0, 0.1) is 18.3 Å². The van der Waals surface area contributed by atoms with E-state index in [-0.39, 0.29) is 23.1 Å². The monoisotopic (exact) mass is 211 g/mol. The molecule has 0 spiro atoms. The molecule has 0 saturated heterocycles. The molecule has 0 atom stereocenters. The van der Waals surface area contributed by atoms with Crippen LogP contribution in [-0.2, 0) is 0 Å². The zero-order valence-corrected chi connectivity index (χ0v) is 9.38. The lowest BCUT2D eigenvalue weighted by atomic mass is 10.0. The Kier molecular flexibility index (Phi) is 3.32. The van der Waals surface area contributed by atoms with E-state index in [1.807, 2.05) is 13.0 Å². The molecule has 3 radical (unpaired) electrons. The normalized spacial score (nSPS) is 9.33. The molecule has 1 heterocycles. The van der Waals surface area contributed by atoms with Crippen LogP contribution in [0.25, 0.3) is 10.9 Å². The summed E-state index contributed by atoms with van der Waals surface area (Å²) in [5, 5.41) is 19.2. The lowest BCUT2D eigenvalue weighted by Gasteiger charge is -2.04. The number of aromatic hydroxyl groups is 1. The van der Waals surface area contributed by atoms with Crippen molar-refractivity contribution in [3.8, 4) is 11.8 Å². The summed E-state index contributed by atoms with van der Waals surface area (Å²) >= 11 is 0. The lowest BCUT2D eigenvalue weighted by Crippen LogP contribution is -1.87. The number of fused-ring (bicyclic) bond motifs is 1. The highest BCUT2D eigenvalue weighted by Crippen LogP contribution is 2.27. The van der Waals surface area contributed by atoms with E-state index < -0.39 is 0 Å². The number of rotatable bonds is 0. The number of nitriles is 1. The third kappa shape index (κ3) is 1.81. The first kappa shape index (κ1) is 11.5. The predicted molar refractivity (Wildman–Crippen MR) is 58.6 cm³/mol. The van der Waals surface area contributed by atoms with Gasteiger partial charge in [0.05, 0.1) is 11.6 Å². The summed E-state index contributed by atoms with van der Waals surface area (Å²) in [5.41, 5.74) is 1.98. The second kappa shape index (κ2) is 4.32. The summed E-state index contributed by atoms with van der Waals surface area (Å²) in [4.78, 5) is 4.05. The zero-order valence-electron chi connectivity index (χ0n) is 8.23. The van der Waals surface area contributed by atoms with Crippen LogP contribution in [-0.4, -0.2) is 27.5 Å². The maximum atomic E-state index is 9.54. The highest BCUT2D eigenvalue weighted by molar-refractivity contribution is 5.91. The van der Waals surface area contributed by atoms with Crippen molar-refractivity contribution in [3.63, 3.8) is 0 Å². The molecule has 71 valence electrons. The van der Waals surface area contributed by atoms with Crippen molar-refractivity contribution in [1.82, 2.24) is 4.98 Å². The van der Waals surface area contributed by atoms with Gasteiger partial charge in [-0.2, -0.15) is 5.26 Å². The highest BCUT2D eigenvalue weighted by Gasteiger charge is 2.07. The van der Waals surface area contributed by atoms with Gasteiger partial charge in [0.15, 0.2) is 0 Å². The third-order valence-corrected chi connectivity index (χ3v) is 2.20. The highest BCUT2D eigenvalue weighted by atomic mass is 27.0. The standard InChI is InChI=1S/C11H8N2O.Al/c1-7-4-5-13-11-9(14)3-2-8(6-12)10(7)11;/h2-5,14H,1H3;. The van der Waals surface area contributed by atoms with Crippen molar-refractivity contribution >= 4 is 28.3 Å². The molecule has 4 heteroatoms. The molecule has 1 aromatic carbocycles. The first-order valence-electron chi connectivity index (χ1n) is 4.21. The maximum Gasteiger partial charge on any atom is 0.141 e. The fourth-order valence-corrected chi connectivity index (χ4v) is 1.51. The van der Waals surface area contributed by atoms with Crippen LogP contribution < -0.4 is 0 Å². The van der Waals surface area contributed by atoms with Gasteiger partial charge < -0.3 is 5.11 Å². The van der Waals surface area contributed by atoms with Crippen molar-refractivity contribution in [1.29, 1.82) is 5.26 Å². The van der Waals surface area contributed by atoms with Gasteiger partial charge in [-0.15, -0.1) is 0 Å². The van der Waals surface area contributed by atoms with Crippen molar-refractivity contribution < 1.29 is 5.11 Å².